The summed E-state index contributed by atoms with van der Waals surface area (Å²) in [4.78, 5) is 38.7. The molecule has 216 valence electrons. The molecule has 0 spiro atoms. The third kappa shape index (κ3) is 11.1. The van der Waals surface area contributed by atoms with Gasteiger partial charge in [-0.15, -0.1) is 0 Å². The van der Waals surface area contributed by atoms with Crippen LogP contribution in [0.15, 0.2) is 89.1 Å². The van der Waals surface area contributed by atoms with Crippen molar-refractivity contribution in [2.75, 3.05) is 32.6 Å². The van der Waals surface area contributed by atoms with Crippen LogP contribution in [-0.4, -0.2) is 51.8 Å². The summed E-state index contributed by atoms with van der Waals surface area (Å²) in [5.41, 5.74) is 4.15. The highest BCUT2D eigenvalue weighted by Crippen LogP contribution is 2.22. The standard InChI is InChI=1S/C31H37N5O5/c1-36(2)27-17-15-25(16-18-27)34-35-26-13-9-12-24(20-26)21-29(37)32-19-8-7-14-28(30(38)40-3)33-31(39)41-22-23-10-5-4-6-11-23/h4-6,9-13,15-18,20,28H,7-8,14,19,21-22H2,1-3H3,(H,32,37)(H,33,39). The number of hydrogen-bond acceptors (Lipinski definition) is 8. The molecule has 0 heterocycles. The van der Waals surface area contributed by atoms with Crippen molar-refractivity contribution in [1.82, 2.24) is 10.6 Å². The number of methoxy groups -OCH3 is 1. The van der Waals surface area contributed by atoms with Crippen LogP contribution in [-0.2, 0) is 32.1 Å². The van der Waals surface area contributed by atoms with E-state index in [9.17, 15) is 14.4 Å². The van der Waals surface area contributed by atoms with Crippen LogP contribution in [0.5, 0.6) is 0 Å². The van der Waals surface area contributed by atoms with Gasteiger partial charge in [0, 0.05) is 26.3 Å². The third-order valence-corrected chi connectivity index (χ3v) is 6.15. The molecule has 41 heavy (non-hydrogen) atoms. The van der Waals surface area contributed by atoms with Gasteiger partial charge in [0.15, 0.2) is 0 Å². The Bertz CT molecular complexity index is 1300. The Kier molecular flexibility index (Phi) is 12.3. The van der Waals surface area contributed by atoms with E-state index in [4.69, 9.17) is 9.47 Å². The van der Waals surface area contributed by atoms with Crippen molar-refractivity contribution >= 4 is 35.0 Å². The van der Waals surface area contributed by atoms with Gasteiger partial charge in [0.1, 0.15) is 12.6 Å². The number of esters is 1. The lowest BCUT2D eigenvalue weighted by Crippen LogP contribution is -2.41. The van der Waals surface area contributed by atoms with Crippen LogP contribution in [0.25, 0.3) is 0 Å². The van der Waals surface area contributed by atoms with Gasteiger partial charge in [0.25, 0.3) is 0 Å². The lowest BCUT2D eigenvalue weighted by Gasteiger charge is -2.16. The van der Waals surface area contributed by atoms with Crippen molar-refractivity contribution in [3.05, 3.63) is 90.0 Å². The second-order valence-corrected chi connectivity index (χ2v) is 9.59. The summed E-state index contributed by atoms with van der Waals surface area (Å²) in [6, 6.07) is 23.6. The van der Waals surface area contributed by atoms with Gasteiger partial charge in [-0.05, 0) is 66.8 Å². The van der Waals surface area contributed by atoms with Gasteiger partial charge in [-0.1, -0.05) is 42.5 Å². The van der Waals surface area contributed by atoms with Crippen molar-refractivity contribution in [3.8, 4) is 0 Å². The fourth-order valence-corrected chi connectivity index (χ4v) is 3.91. The molecular weight excluding hydrogens is 522 g/mol. The molecule has 1 atom stereocenters. The Morgan fingerprint density at radius 2 is 1.56 bits per heavy atom. The van der Waals surface area contributed by atoms with E-state index >= 15 is 0 Å². The maximum absolute atomic E-state index is 12.5. The van der Waals surface area contributed by atoms with Gasteiger partial charge >= 0.3 is 12.1 Å². The average molecular weight is 560 g/mol. The normalized spacial score (nSPS) is 11.5. The molecule has 1 unspecified atom stereocenters. The SMILES string of the molecule is COC(=O)C(CCCCNC(=O)Cc1cccc(N=Nc2ccc(N(C)C)cc2)c1)NC(=O)OCc1ccccc1. The monoisotopic (exact) mass is 559 g/mol. The first-order valence-electron chi connectivity index (χ1n) is 13.4. The number of nitrogens with zero attached hydrogens (tertiary/aromatic N) is 3. The highest BCUT2D eigenvalue weighted by atomic mass is 16.6. The van der Waals surface area contributed by atoms with E-state index in [-0.39, 0.29) is 18.9 Å². The van der Waals surface area contributed by atoms with Crippen molar-refractivity contribution in [3.63, 3.8) is 0 Å². The molecule has 2 amide bonds. The zero-order valence-electron chi connectivity index (χ0n) is 23.7. The fourth-order valence-electron chi connectivity index (χ4n) is 3.91. The number of ether oxygens (including phenoxy) is 2. The van der Waals surface area contributed by atoms with Crippen LogP contribution in [0.2, 0.25) is 0 Å². The molecule has 0 saturated heterocycles. The molecule has 3 rings (SSSR count). The molecule has 0 aliphatic carbocycles. The molecule has 3 aromatic carbocycles. The molecule has 3 aromatic rings. The van der Waals surface area contributed by atoms with Crippen molar-refractivity contribution in [2.24, 2.45) is 10.2 Å². The van der Waals surface area contributed by atoms with Crippen LogP contribution in [0.4, 0.5) is 21.9 Å². The summed E-state index contributed by atoms with van der Waals surface area (Å²) in [5, 5.41) is 14.0. The molecule has 0 bridgehead atoms. The van der Waals surface area contributed by atoms with E-state index < -0.39 is 18.1 Å². The number of alkyl carbamates (subject to hydrolysis) is 1. The smallest absolute Gasteiger partial charge is 0.408 e. The molecule has 0 aliphatic heterocycles. The van der Waals surface area contributed by atoms with Gasteiger partial charge in [0.05, 0.1) is 24.9 Å². The Morgan fingerprint density at radius 1 is 0.854 bits per heavy atom. The number of unbranched alkanes of at least 4 members (excludes halogenated alkanes) is 1. The van der Waals surface area contributed by atoms with Gasteiger partial charge in [-0.2, -0.15) is 10.2 Å². The van der Waals surface area contributed by atoms with Gasteiger partial charge in [-0.3, -0.25) is 4.79 Å². The predicted molar refractivity (Wildman–Crippen MR) is 158 cm³/mol. The Morgan fingerprint density at radius 3 is 2.27 bits per heavy atom. The number of benzene rings is 3. The Hall–Kier alpha value is -4.73. The van der Waals surface area contributed by atoms with Gasteiger partial charge < -0.3 is 25.0 Å². The van der Waals surface area contributed by atoms with E-state index in [1.165, 1.54) is 7.11 Å². The Balaban J connectivity index is 1.38. The van der Waals surface area contributed by atoms with Crippen LogP contribution in [0, 0.1) is 0 Å². The van der Waals surface area contributed by atoms with Crippen LogP contribution < -0.4 is 15.5 Å². The minimum Gasteiger partial charge on any atom is -0.467 e. The van der Waals surface area contributed by atoms with Crippen LogP contribution in [0.1, 0.15) is 30.4 Å². The summed E-state index contributed by atoms with van der Waals surface area (Å²) in [6.45, 7) is 0.538. The number of carbonyl (C=O) groups excluding carboxylic acids is 3. The molecule has 2 N–H and O–H groups in total. The summed E-state index contributed by atoms with van der Waals surface area (Å²) < 4.78 is 10.0. The van der Waals surface area contributed by atoms with E-state index in [0.29, 0.717) is 31.5 Å². The number of azo groups is 1. The average Bonchev–Trinajstić information content (AvgIpc) is 2.98. The second kappa shape index (κ2) is 16.4. The van der Waals surface area contributed by atoms with Crippen molar-refractivity contribution in [2.45, 2.75) is 38.3 Å². The number of nitrogens with one attached hydrogen (secondary N) is 2. The fraction of sp³-hybridized carbons (Fsp3) is 0.323. The lowest BCUT2D eigenvalue weighted by atomic mass is 10.1. The lowest BCUT2D eigenvalue weighted by molar-refractivity contribution is -0.143. The second-order valence-electron chi connectivity index (χ2n) is 9.59. The maximum Gasteiger partial charge on any atom is 0.408 e. The molecule has 0 aliphatic rings. The van der Waals surface area contributed by atoms with Crippen molar-refractivity contribution < 1.29 is 23.9 Å². The first-order chi connectivity index (χ1) is 19.8. The quantitative estimate of drug-likeness (QED) is 0.154. The summed E-state index contributed by atoms with van der Waals surface area (Å²) in [6.07, 6.45) is 1.08. The van der Waals surface area contributed by atoms with Crippen molar-refractivity contribution in [1.29, 1.82) is 0 Å². The molecule has 0 fully saturated rings. The number of amides is 2. The number of hydrogen-bond donors (Lipinski definition) is 2. The number of carbonyl (C=O) groups is 3. The topological polar surface area (TPSA) is 122 Å². The minimum absolute atomic E-state index is 0.100. The van der Waals surface area contributed by atoms with E-state index in [1.807, 2.05) is 97.9 Å². The van der Waals surface area contributed by atoms with Gasteiger partial charge in [0.2, 0.25) is 5.91 Å². The molecule has 0 aromatic heterocycles. The first kappa shape index (κ1) is 30.8. The van der Waals surface area contributed by atoms with Crippen LogP contribution >= 0.6 is 0 Å². The summed E-state index contributed by atoms with van der Waals surface area (Å²) >= 11 is 0. The number of anilines is 1. The highest BCUT2D eigenvalue weighted by Gasteiger charge is 2.21. The molecule has 0 radical (unpaired) electrons. The van der Waals surface area contributed by atoms with Gasteiger partial charge in [-0.25, -0.2) is 9.59 Å². The molecule has 10 nitrogen and oxygen atoms in total. The largest absolute Gasteiger partial charge is 0.467 e. The molecule has 0 saturated carbocycles. The molecular formula is C31H37N5O5. The van der Waals surface area contributed by atoms with E-state index in [0.717, 1.165) is 22.5 Å². The highest BCUT2D eigenvalue weighted by molar-refractivity contribution is 5.81. The Labute approximate surface area is 240 Å². The zero-order valence-corrected chi connectivity index (χ0v) is 23.7. The molecule has 10 heteroatoms. The number of rotatable bonds is 14. The van der Waals surface area contributed by atoms with E-state index in [1.54, 1.807) is 0 Å². The predicted octanol–water partition coefficient (Wildman–Crippen LogP) is 5.47. The zero-order chi connectivity index (χ0) is 29.5. The minimum atomic E-state index is -0.832. The third-order valence-electron chi connectivity index (χ3n) is 6.15. The maximum atomic E-state index is 12.5. The summed E-state index contributed by atoms with van der Waals surface area (Å²) in [7, 11) is 5.22. The van der Waals surface area contributed by atoms with Crippen LogP contribution in [0.3, 0.4) is 0 Å². The first-order valence-corrected chi connectivity index (χ1v) is 13.4. The van der Waals surface area contributed by atoms with E-state index in [2.05, 4.69) is 20.9 Å². The summed E-state index contributed by atoms with van der Waals surface area (Å²) in [5.74, 6) is -0.668.